The highest BCUT2D eigenvalue weighted by Crippen LogP contribution is 2.33. The Kier molecular flexibility index (Phi) is 29.8. The first-order chi connectivity index (χ1) is 33.3. The number of carboxylic acids is 1. The third-order valence-corrected chi connectivity index (χ3v) is 13.1. The van der Waals surface area contributed by atoms with Crippen LogP contribution in [0.2, 0.25) is 0 Å². The van der Waals surface area contributed by atoms with E-state index in [4.69, 9.17) is 43.0 Å². The van der Waals surface area contributed by atoms with E-state index >= 15 is 0 Å². The van der Waals surface area contributed by atoms with Gasteiger partial charge in [0, 0.05) is 13.3 Å². The van der Waals surface area contributed by atoms with Crippen LogP contribution in [-0.2, 0) is 52.3 Å². The molecule has 3 aliphatic heterocycles. The van der Waals surface area contributed by atoms with E-state index in [2.05, 4.69) is 0 Å². The number of rotatable bonds is 35. The molecule has 3 heterocycles. The van der Waals surface area contributed by atoms with Gasteiger partial charge >= 0.3 is 17.9 Å². The minimum Gasteiger partial charge on any atom is -0.479 e. The first-order valence-electron chi connectivity index (χ1n) is 25.9. The second kappa shape index (κ2) is 33.6. The lowest BCUT2D eigenvalue weighted by Crippen LogP contribution is -2.65. The number of ether oxygens (including phenoxy) is 8. The summed E-state index contributed by atoms with van der Waals surface area (Å²) in [5.74, 6) is -2.62. The number of carboxylic acid groups (broad SMARTS) is 1. The van der Waals surface area contributed by atoms with Crippen LogP contribution >= 0.6 is 0 Å². The molecule has 17 atom stereocenters. The van der Waals surface area contributed by atoms with Crippen molar-refractivity contribution in [3.8, 4) is 0 Å². The molecule has 70 heavy (non-hydrogen) atoms. The normalized spacial score (nSPS) is 31.2. The number of hydrogen-bond acceptors (Lipinski definition) is 20. The highest BCUT2D eigenvalue weighted by Gasteiger charge is 2.52. The van der Waals surface area contributed by atoms with Crippen molar-refractivity contribution in [3.05, 3.63) is 0 Å². The molecule has 0 aromatic carbocycles. The van der Waals surface area contributed by atoms with Crippen molar-refractivity contribution < 1.29 is 103 Å². The molecule has 21 nitrogen and oxygen atoms in total. The number of aliphatic hydroxyl groups is 9. The van der Waals surface area contributed by atoms with Gasteiger partial charge in [0.05, 0.1) is 31.5 Å². The van der Waals surface area contributed by atoms with Crippen molar-refractivity contribution in [2.75, 3.05) is 19.8 Å². The predicted molar refractivity (Wildman–Crippen MR) is 248 cm³/mol. The van der Waals surface area contributed by atoms with Gasteiger partial charge in [-0.05, 0) is 44.4 Å². The van der Waals surface area contributed by atoms with E-state index in [1.165, 1.54) is 0 Å². The molecule has 3 saturated heterocycles. The van der Waals surface area contributed by atoms with Crippen LogP contribution in [0.5, 0.6) is 0 Å². The Morgan fingerprint density at radius 2 is 1.07 bits per heavy atom. The van der Waals surface area contributed by atoms with Crippen molar-refractivity contribution >= 4 is 17.9 Å². The summed E-state index contributed by atoms with van der Waals surface area (Å²) in [6, 6.07) is 0. The third-order valence-electron chi connectivity index (χ3n) is 13.1. The van der Waals surface area contributed by atoms with Gasteiger partial charge in [0.15, 0.2) is 31.1 Å². The summed E-state index contributed by atoms with van der Waals surface area (Å²) in [4.78, 5) is 35.0. The van der Waals surface area contributed by atoms with Gasteiger partial charge in [0.1, 0.15) is 61.5 Å². The average Bonchev–Trinajstić information content (AvgIpc) is 3.31. The van der Waals surface area contributed by atoms with Gasteiger partial charge in [-0.2, -0.15) is 0 Å². The lowest BCUT2D eigenvalue weighted by atomic mass is 9.98. The van der Waals surface area contributed by atoms with Gasteiger partial charge in [-0.1, -0.05) is 111 Å². The zero-order valence-electron chi connectivity index (χ0n) is 41.8. The molecule has 21 heteroatoms. The zero-order chi connectivity index (χ0) is 51.8. The number of carbonyl (C=O) groups excluding carboxylic acids is 2. The van der Waals surface area contributed by atoms with E-state index in [9.17, 15) is 60.3 Å². The second-order valence-corrected chi connectivity index (χ2v) is 19.7. The Morgan fingerprint density at radius 1 is 0.586 bits per heavy atom. The van der Waals surface area contributed by atoms with Gasteiger partial charge in [0.25, 0.3) is 0 Å². The van der Waals surface area contributed by atoms with E-state index in [0.717, 1.165) is 96.8 Å². The summed E-state index contributed by atoms with van der Waals surface area (Å²) in [5.41, 5.74) is 0. The minimum atomic E-state index is -1.91. The molecule has 0 spiro atoms. The Morgan fingerprint density at radius 3 is 1.60 bits per heavy atom. The molecular weight excluding hydrogens is 925 g/mol. The maximum absolute atomic E-state index is 12.4. The monoisotopic (exact) mass is 1010 g/mol. The Labute approximate surface area is 413 Å². The number of aliphatic hydroxyl groups excluding tert-OH is 9. The summed E-state index contributed by atoms with van der Waals surface area (Å²) in [7, 11) is 0. The van der Waals surface area contributed by atoms with Gasteiger partial charge in [-0.25, -0.2) is 4.79 Å². The Bertz CT molecular complexity index is 1440. The largest absolute Gasteiger partial charge is 0.479 e. The fourth-order valence-electron chi connectivity index (χ4n) is 8.85. The summed E-state index contributed by atoms with van der Waals surface area (Å²) in [6.45, 7) is 5.41. The molecule has 10 N–H and O–H groups in total. The van der Waals surface area contributed by atoms with E-state index in [1.807, 2.05) is 6.92 Å². The lowest BCUT2D eigenvalue weighted by Gasteiger charge is -2.46. The molecule has 3 aliphatic rings. The lowest BCUT2D eigenvalue weighted by molar-refractivity contribution is -0.380. The number of hydrogen-bond donors (Lipinski definition) is 10. The van der Waals surface area contributed by atoms with Crippen LogP contribution < -0.4 is 0 Å². The van der Waals surface area contributed by atoms with Gasteiger partial charge in [-0.15, -0.1) is 0 Å². The van der Waals surface area contributed by atoms with Crippen molar-refractivity contribution in [2.24, 2.45) is 5.92 Å². The van der Waals surface area contributed by atoms with Crippen LogP contribution in [0.4, 0.5) is 0 Å². The average molecular weight is 1010 g/mol. The molecule has 0 bridgehead atoms. The number of unbranched alkanes of at least 4 members (excludes halogenated alkanes) is 12. The van der Waals surface area contributed by atoms with E-state index < -0.39 is 135 Å². The quantitative estimate of drug-likeness (QED) is 0.0321. The second-order valence-electron chi connectivity index (χ2n) is 19.7. The Hall–Kier alpha value is -2.19. The third kappa shape index (κ3) is 22.1. The van der Waals surface area contributed by atoms with E-state index in [1.54, 1.807) is 13.8 Å². The van der Waals surface area contributed by atoms with Crippen molar-refractivity contribution in [1.29, 1.82) is 0 Å². The topological polar surface area (TPSA) is 327 Å². The van der Waals surface area contributed by atoms with Crippen LogP contribution in [0.1, 0.15) is 163 Å². The van der Waals surface area contributed by atoms with Crippen LogP contribution in [0.3, 0.4) is 0 Å². The number of esters is 2. The summed E-state index contributed by atoms with van der Waals surface area (Å²) in [6.07, 6.45) is -7.77. The fourth-order valence-corrected chi connectivity index (χ4v) is 8.85. The molecule has 0 amide bonds. The van der Waals surface area contributed by atoms with Gasteiger partial charge < -0.3 is 89.0 Å². The van der Waals surface area contributed by atoms with Crippen LogP contribution in [0.25, 0.3) is 0 Å². The first-order valence-corrected chi connectivity index (χ1v) is 25.9. The van der Waals surface area contributed by atoms with Crippen molar-refractivity contribution in [1.82, 2.24) is 0 Å². The SMILES string of the molecule is CCCCC(CCC[C@H](O)C(O)CCCCCCCCCCCCCC[C@@H](O)C(=O)O)O[C@H]1OC[C@H](O)[C@@H](O)[C@@H]1O[C@H]1OC[C@H](O)[C@@H](O)[C@@H]1O[C@H]1O[C@@H](COC(=O)CC(C)C)[C@H](OC(C)=O)[C@@H](O)[C@@H]1O. The highest BCUT2D eigenvalue weighted by molar-refractivity contribution is 5.71. The van der Waals surface area contributed by atoms with E-state index in [-0.39, 0.29) is 18.9 Å². The predicted octanol–water partition coefficient (Wildman–Crippen LogP) is 2.26. The first kappa shape index (κ1) is 62.1. The summed E-state index contributed by atoms with van der Waals surface area (Å²) >= 11 is 0. The maximum atomic E-state index is 12.4. The molecule has 410 valence electrons. The van der Waals surface area contributed by atoms with Gasteiger partial charge in [0.2, 0.25) is 0 Å². The van der Waals surface area contributed by atoms with Crippen LogP contribution in [-0.4, -0.2) is 193 Å². The zero-order valence-corrected chi connectivity index (χ0v) is 41.8. The molecular formula is C49H88O21. The summed E-state index contributed by atoms with van der Waals surface area (Å²) < 4.78 is 46.5. The molecule has 0 saturated carbocycles. The number of carbonyl (C=O) groups is 3. The smallest absolute Gasteiger partial charge is 0.332 e. The molecule has 0 radical (unpaired) electrons. The van der Waals surface area contributed by atoms with Gasteiger partial charge in [-0.3, -0.25) is 9.59 Å². The molecule has 0 aliphatic carbocycles. The van der Waals surface area contributed by atoms with Crippen LogP contribution in [0.15, 0.2) is 0 Å². The molecule has 2 unspecified atom stereocenters. The highest BCUT2D eigenvalue weighted by atomic mass is 16.8. The Balaban J connectivity index is 1.52. The van der Waals surface area contributed by atoms with E-state index in [0.29, 0.717) is 38.5 Å². The van der Waals surface area contributed by atoms with Crippen molar-refractivity contribution in [2.45, 2.75) is 267 Å². The minimum absolute atomic E-state index is 0.0403. The van der Waals surface area contributed by atoms with Crippen LogP contribution in [0, 0.1) is 5.92 Å². The number of aliphatic carboxylic acids is 1. The molecule has 3 rings (SSSR count). The van der Waals surface area contributed by atoms with Crippen molar-refractivity contribution in [3.63, 3.8) is 0 Å². The summed E-state index contributed by atoms with van der Waals surface area (Å²) in [5, 5.41) is 106. The standard InChI is InChI=1S/C49H88O21/c1-5-6-20-31(21-19-24-33(52)32(51)22-17-15-13-11-9-7-8-10-12-14-16-18-23-34(53)46(61)62)67-48-44(39(57)35(54)26-64-48)70-49-45(40(58)36(55)27-65-49)69-47-42(60)41(59)43(66-30(4)50)37(68-47)28-63-38(56)25-29(2)3/h29,31-37,39-45,47-49,51-55,57-60H,5-28H2,1-4H3,(H,61,62)/t31?,32?,33-,34+,35-,36-,37-,39+,40+,41-,42-,43-,44-,45-,47+,48+,49+/m0/s1. The molecule has 0 aromatic rings. The molecule has 3 fully saturated rings. The molecule has 0 aromatic heterocycles. The maximum Gasteiger partial charge on any atom is 0.332 e. The fraction of sp³-hybridized carbons (Fsp3) is 0.939.